The van der Waals surface area contributed by atoms with Crippen molar-refractivity contribution in [3.05, 3.63) is 64.4 Å². The molecule has 1 heterocycles. The fourth-order valence-corrected chi connectivity index (χ4v) is 2.39. The normalized spacial score (nSPS) is 10.7. The quantitative estimate of drug-likeness (QED) is 0.719. The van der Waals surface area contributed by atoms with Crippen LogP contribution in [-0.2, 0) is 13.5 Å². The number of nitriles is 1. The molecule has 0 aliphatic rings. The van der Waals surface area contributed by atoms with Crippen molar-refractivity contribution in [1.29, 1.82) is 5.26 Å². The summed E-state index contributed by atoms with van der Waals surface area (Å²) in [6.45, 7) is 0. The molecule has 3 aromatic rings. The largest absolute Gasteiger partial charge is 0.331 e. The minimum atomic E-state index is 0.633. The van der Waals surface area contributed by atoms with Crippen LogP contribution < -0.4 is 0 Å². The second kappa shape index (κ2) is 4.99. The minimum Gasteiger partial charge on any atom is -0.331 e. The number of fused-ring (bicyclic) bond motifs is 1. The molecule has 0 aliphatic carbocycles. The lowest BCUT2D eigenvalue weighted by molar-refractivity contribution is 0.844. The van der Waals surface area contributed by atoms with Crippen molar-refractivity contribution in [2.45, 2.75) is 6.42 Å². The zero-order valence-corrected chi connectivity index (χ0v) is 11.7. The van der Waals surface area contributed by atoms with Gasteiger partial charge in [-0.05, 0) is 35.9 Å². The first kappa shape index (κ1) is 12.7. The van der Waals surface area contributed by atoms with Crippen LogP contribution >= 0.6 is 11.6 Å². The zero-order chi connectivity index (χ0) is 14.1. The van der Waals surface area contributed by atoms with Crippen molar-refractivity contribution in [3.63, 3.8) is 0 Å². The molecule has 1 aromatic heterocycles. The molecule has 2 aromatic carbocycles. The van der Waals surface area contributed by atoms with Crippen LogP contribution in [0.1, 0.15) is 17.0 Å². The van der Waals surface area contributed by atoms with E-state index in [9.17, 15) is 0 Å². The van der Waals surface area contributed by atoms with E-state index in [1.165, 1.54) is 0 Å². The highest BCUT2D eigenvalue weighted by Gasteiger charge is 2.09. The smallest absolute Gasteiger partial charge is 0.114 e. The molecule has 0 N–H and O–H groups in total. The van der Waals surface area contributed by atoms with Gasteiger partial charge in [-0.2, -0.15) is 5.26 Å². The van der Waals surface area contributed by atoms with E-state index in [0.29, 0.717) is 5.56 Å². The first-order valence-electron chi connectivity index (χ1n) is 6.27. The molecule has 0 bridgehead atoms. The third kappa shape index (κ3) is 2.26. The predicted octanol–water partition coefficient (Wildman–Crippen LogP) is 3.69. The standard InChI is InChI=1S/C16H12ClN3/c1-20-15-7-4-12(10-18)8-14(15)19-16(20)9-11-2-5-13(17)6-3-11/h2-8H,9H2,1H3. The molecule has 20 heavy (non-hydrogen) atoms. The second-order valence-corrected chi connectivity index (χ2v) is 5.14. The summed E-state index contributed by atoms with van der Waals surface area (Å²) in [6, 6.07) is 15.5. The van der Waals surface area contributed by atoms with Gasteiger partial charge in [0.1, 0.15) is 5.82 Å². The van der Waals surface area contributed by atoms with Crippen molar-refractivity contribution in [2.24, 2.45) is 7.05 Å². The van der Waals surface area contributed by atoms with E-state index in [4.69, 9.17) is 16.9 Å². The van der Waals surface area contributed by atoms with Gasteiger partial charge >= 0.3 is 0 Å². The van der Waals surface area contributed by atoms with Gasteiger partial charge in [0.05, 0.1) is 22.7 Å². The van der Waals surface area contributed by atoms with Crippen molar-refractivity contribution in [1.82, 2.24) is 9.55 Å². The number of hydrogen-bond acceptors (Lipinski definition) is 2. The van der Waals surface area contributed by atoms with Crippen LogP contribution in [0.2, 0.25) is 5.02 Å². The molecule has 0 radical (unpaired) electrons. The van der Waals surface area contributed by atoms with Gasteiger partial charge in [0.15, 0.2) is 0 Å². The van der Waals surface area contributed by atoms with Crippen molar-refractivity contribution in [2.75, 3.05) is 0 Å². The maximum Gasteiger partial charge on any atom is 0.114 e. The van der Waals surface area contributed by atoms with Crippen molar-refractivity contribution >= 4 is 22.6 Å². The van der Waals surface area contributed by atoms with Gasteiger partial charge in [0.2, 0.25) is 0 Å². The molecule has 0 amide bonds. The molecule has 0 fully saturated rings. The molecule has 0 aliphatic heterocycles. The van der Waals surface area contributed by atoms with Gasteiger partial charge in [-0.1, -0.05) is 23.7 Å². The summed E-state index contributed by atoms with van der Waals surface area (Å²) < 4.78 is 2.06. The molecule has 4 heteroatoms. The highest BCUT2D eigenvalue weighted by Crippen LogP contribution is 2.19. The molecule has 98 valence electrons. The Balaban J connectivity index is 2.01. The average Bonchev–Trinajstić information content (AvgIpc) is 2.77. The summed E-state index contributed by atoms with van der Waals surface area (Å²) in [5.41, 5.74) is 3.69. The minimum absolute atomic E-state index is 0.633. The van der Waals surface area contributed by atoms with Gasteiger partial charge in [-0.25, -0.2) is 4.98 Å². The van der Waals surface area contributed by atoms with Crippen molar-refractivity contribution < 1.29 is 0 Å². The Hall–Kier alpha value is -2.31. The number of rotatable bonds is 2. The Morgan fingerprint density at radius 2 is 1.95 bits per heavy atom. The fraction of sp³-hybridized carbons (Fsp3) is 0.125. The Morgan fingerprint density at radius 3 is 2.65 bits per heavy atom. The van der Waals surface area contributed by atoms with E-state index < -0.39 is 0 Å². The van der Waals surface area contributed by atoms with Crippen LogP contribution in [0.5, 0.6) is 0 Å². The third-order valence-electron chi connectivity index (χ3n) is 3.38. The van der Waals surface area contributed by atoms with E-state index in [2.05, 4.69) is 15.6 Å². The number of aryl methyl sites for hydroxylation is 1. The van der Waals surface area contributed by atoms with Gasteiger partial charge in [-0.15, -0.1) is 0 Å². The van der Waals surface area contributed by atoms with Crippen LogP contribution in [0.3, 0.4) is 0 Å². The summed E-state index contributed by atoms with van der Waals surface area (Å²) in [5.74, 6) is 0.970. The van der Waals surface area contributed by atoms with E-state index in [1.54, 1.807) is 0 Å². The maximum atomic E-state index is 8.94. The lowest BCUT2D eigenvalue weighted by Crippen LogP contribution is -1.98. The Bertz CT molecular complexity index is 810. The van der Waals surface area contributed by atoms with Gasteiger partial charge in [-0.3, -0.25) is 0 Å². The highest BCUT2D eigenvalue weighted by molar-refractivity contribution is 6.30. The fourth-order valence-electron chi connectivity index (χ4n) is 2.26. The summed E-state index contributed by atoms with van der Waals surface area (Å²) in [5, 5.41) is 9.67. The monoisotopic (exact) mass is 281 g/mol. The summed E-state index contributed by atoms with van der Waals surface area (Å²) in [6.07, 6.45) is 0.740. The SMILES string of the molecule is Cn1c(Cc2ccc(Cl)cc2)nc2cc(C#N)ccc21. The second-order valence-electron chi connectivity index (χ2n) is 4.71. The molecular weight excluding hydrogens is 270 g/mol. The number of aromatic nitrogens is 2. The topological polar surface area (TPSA) is 41.6 Å². The first-order chi connectivity index (χ1) is 9.67. The molecular formula is C16H12ClN3. The predicted molar refractivity (Wildman–Crippen MR) is 79.7 cm³/mol. The molecule has 0 atom stereocenters. The molecule has 0 spiro atoms. The average molecular weight is 282 g/mol. The number of halogens is 1. The lowest BCUT2D eigenvalue weighted by Gasteiger charge is -2.03. The van der Waals surface area contributed by atoms with Crippen LogP contribution in [0.4, 0.5) is 0 Å². The molecule has 0 saturated carbocycles. The number of hydrogen-bond donors (Lipinski definition) is 0. The van der Waals surface area contributed by atoms with Crippen LogP contribution in [0.15, 0.2) is 42.5 Å². The summed E-state index contributed by atoms with van der Waals surface area (Å²) in [4.78, 5) is 4.62. The number of imidazole rings is 1. The van der Waals surface area contributed by atoms with Crippen LogP contribution in [0.25, 0.3) is 11.0 Å². The van der Waals surface area contributed by atoms with Gasteiger partial charge in [0, 0.05) is 18.5 Å². The third-order valence-corrected chi connectivity index (χ3v) is 3.63. The summed E-state index contributed by atoms with van der Waals surface area (Å²) in [7, 11) is 1.99. The van der Waals surface area contributed by atoms with Crippen LogP contribution in [0, 0.1) is 11.3 Å². The van der Waals surface area contributed by atoms with E-state index in [-0.39, 0.29) is 0 Å². The Morgan fingerprint density at radius 1 is 1.20 bits per heavy atom. The van der Waals surface area contributed by atoms with Crippen molar-refractivity contribution in [3.8, 4) is 6.07 Å². The Kier molecular flexibility index (Phi) is 3.17. The van der Waals surface area contributed by atoms with E-state index in [0.717, 1.165) is 33.9 Å². The zero-order valence-electron chi connectivity index (χ0n) is 11.0. The number of benzene rings is 2. The molecule has 3 rings (SSSR count). The summed E-state index contributed by atoms with van der Waals surface area (Å²) >= 11 is 5.89. The molecule has 0 unspecified atom stereocenters. The van der Waals surface area contributed by atoms with E-state index in [1.807, 2.05) is 49.5 Å². The number of nitrogens with zero attached hydrogens (tertiary/aromatic N) is 3. The van der Waals surface area contributed by atoms with Crippen LogP contribution in [-0.4, -0.2) is 9.55 Å². The highest BCUT2D eigenvalue weighted by atomic mass is 35.5. The first-order valence-corrected chi connectivity index (χ1v) is 6.65. The molecule has 0 saturated heterocycles. The maximum absolute atomic E-state index is 8.94. The molecule has 3 nitrogen and oxygen atoms in total. The van der Waals surface area contributed by atoms with E-state index >= 15 is 0 Å². The van der Waals surface area contributed by atoms with Gasteiger partial charge in [0.25, 0.3) is 0 Å². The Labute approximate surface area is 122 Å². The lowest BCUT2D eigenvalue weighted by atomic mass is 10.1. The van der Waals surface area contributed by atoms with Gasteiger partial charge < -0.3 is 4.57 Å².